The predicted molar refractivity (Wildman–Crippen MR) is 99.6 cm³/mol. The molecule has 0 unspecified atom stereocenters. The molecule has 0 amide bonds. The standard InChI is InChI=1S/C22H32O2/c1-3-5-6-7-17-8-10-18(11-9-17)16-22(24)20-14-12-19(13-15-20)21(23)4-2/h12-15,17-18H,3-11,16H2,1-2H3/t17-,18-. The number of benzene rings is 1. The molecule has 1 fully saturated rings. The molecule has 2 nitrogen and oxygen atoms in total. The first-order valence-corrected chi connectivity index (χ1v) is 9.80. The Bertz CT molecular complexity index is 521. The summed E-state index contributed by atoms with van der Waals surface area (Å²) in [6.07, 6.45) is 11.6. The SMILES string of the molecule is CCCCC[C@H]1CC[C@H](CC(=O)c2ccc(C(=O)CC)cc2)CC1. The number of carbonyl (C=O) groups is 2. The van der Waals surface area contributed by atoms with Gasteiger partial charge in [0.25, 0.3) is 0 Å². The molecule has 1 aliphatic carbocycles. The van der Waals surface area contributed by atoms with Crippen molar-refractivity contribution >= 4 is 11.6 Å². The van der Waals surface area contributed by atoms with Crippen LogP contribution in [0.5, 0.6) is 0 Å². The van der Waals surface area contributed by atoms with E-state index in [9.17, 15) is 9.59 Å². The Morgan fingerprint density at radius 1 is 0.833 bits per heavy atom. The summed E-state index contributed by atoms with van der Waals surface area (Å²) in [7, 11) is 0. The minimum absolute atomic E-state index is 0.135. The number of unbranched alkanes of at least 4 members (excludes halogenated alkanes) is 2. The molecule has 1 aromatic rings. The zero-order chi connectivity index (χ0) is 17.4. The fraction of sp³-hybridized carbons (Fsp3) is 0.636. The van der Waals surface area contributed by atoms with Gasteiger partial charge in [0.15, 0.2) is 11.6 Å². The fourth-order valence-electron chi connectivity index (χ4n) is 3.83. The summed E-state index contributed by atoms with van der Waals surface area (Å²) in [5, 5.41) is 0. The normalized spacial score (nSPS) is 20.8. The lowest BCUT2D eigenvalue weighted by atomic mass is 9.77. The molecule has 0 bridgehead atoms. The summed E-state index contributed by atoms with van der Waals surface area (Å²) in [4.78, 5) is 24.1. The van der Waals surface area contributed by atoms with E-state index in [1.807, 2.05) is 19.1 Å². The molecule has 1 aliphatic rings. The zero-order valence-electron chi connectivity index (χ0n) is 15.4. The Balaban J connectivity index is 1.78. The van der Waals surface area contributed by atoms with Crippen molar-refractivity contribution in [1.29, 1.82) is 0 Å². The fourth-order valence-corrected chi connectivity index (χ4v) is 3.83. The van der Waals surface area contributed by atoms with Gasteiger partial charge in [-0.15, -0.1) is 0 Å². The molecule has 1 aromatic carbocycles. The van der Waals surface area contributed by atoms with E-state index in [-0.39, 0.29) is 11.6 Å². The van der Waals surface area contributed by atoms with E-state index in [0.717, 1.165) is 11.5 Å². The van der Waals surface area contributed by atoms with E-state index >= 15 is 0 Å². The lowest BCUT2D eigenvalue weighted by molar-refractivity contribution is 0.0939. The van der Waals surface area contributed by atoms with Crippen molar-refractivity contribution in [2.24, 2.45) is 11.8 Å². The maximum Gasteiger partial charge on any atom is 0.163 e. The Morgan fingerprint density at radius 2 is 1.38 bits per heavy atom. The average molecular weight is 328 g/mol. The molecule has 0 spiro atoms. The third kappa shape index (κ3) is 5.58. The molecule has 0 radical (unpaired) electrons. The molecule has 24 heavy (non-hydrogen) atoms. The van der Waals surface area contributed by atoms with Crippen molar-refractivity contribution < 1.29 is 9.59 Å². The summed E-state index contributed by atoms with van der Waals surface area (Å²) in [5.74, 6) is 1.81. The third-order valence-corrected chi connectivity index (χ3v) is 5.51. The zero-order valence-corrected chi connectivity index (χ0v) is 15.4. The van der Waals surface area contributed by atoms with Gasteiger partial charge in [-0.25, -0.2) is 0 Å². The van der Waals surface area contributed by atoms with Crippen LogP contribution < -0.4 is 0 Å². The largest absolute Gasteiger partial charge is 0.294 e. The molecule has 2 heteroatoms. The first-order chi connectivity index (χ1) is 11.6. The Morgan fingerprint density at radius 3 is 1.92 bits per heavy atom. The highest BCUT2D eigenvalue weighted by Crippen LogP contribution is 2.34. The summed E-state index contributed by atoms with van der Waals surface area (Å²) < 4.78 is 0. The first-order valence-electron chi connectivity index (χ1n) is 9.80. The minimum atomic E-state index is 0.135. The van der Waals surface area contributed by atoms with Crippen LogP contribution in [0, 0.1) is 11.8 Å². The molecule has 0 aromatic heterocycles. The molecule has 132 valence electrons. The van der Waals surface area contributed by atoms with Crippen LogP contribution in [-0.4, -0.2) is 11.6 Å². The lowest BCUT2D eigenvalue weighted by Gasteiger charge is -2.28. The molecule has 1 saturated carbocycles. The van der Waals surface area contributed by atoms with Crippen LogP contribution in [0.3, 0.4) is 0 Å². The number of rotatable bonds is 9. The minimum Gasteiger partial charge on any atom is -0.294 e. The monoisotopic (exact) mass is 328 g/mol. The molecule has 0 saturated heterocycles. The first kappa shape index (κ1) is 18.9. The van der Waals surface area contributed by atoms with Gasteiger partial charge in [-0.1, -0.05) is 76.6 Å². The second kappa shape index (κ2) is 9.76. The average Bonchev–Trinajstić information content (AvgIpc) is 2.63. The maximum atomic E-state index is 12.5. The number of carbonyl (C=O) groups excluding carboxylic acids is 2. The van der Waals surface area contributed by atoms with E-state index in [1.165, 1.54) is 51.4 Å². The predicted octanol–water partition coefficient (Wildman–Crippen LogP) is 6.24. The third-order valence-electron chi connectivity index (χ3n) is 5.51. The lowest BCUT2D eigenvalue weighted by Crippen LogP contribution is -2.17. The number of Topliss-reactive ketones (excluding diaryl/α,β-unsaturated/α-hetero) is 2. The van der Waals surface area contributed by atoms with E-state index in [1.54, 1.807) is 12.1 Å². The van der Waals surface area contributed by atoms with Gasteiger partial charge in [-0.2, -0.15) is 0 Å². The van der Waals surface area contributed by atoms with Crippen molar-refractivity contribution in [2.45, 2.75) is 78.1 Å². The van der Waals surface area contributed by atoms with Crippen LogP contribution in [0.15, 0.2) is 24.3 Å². The Hall–Kier alpha value is -1.44. The molecule has 2 rings (SSSR count). The summed E-state index contributed by atoms with van der Waals surface area (Å²) >= 11 is 0. The van der Waals surface area contributed by atoms with Gasteiger partial charge in [-0.3, -0.25) is 9.59 Å². The smallest absolute Gasteiger partial charge is 0.163 e. The van der Waals surface area contributed by atoms with Crippen LogP contribution in [-0.2, 0) is 0 Å². The van der Waals surface area contributed by atoms with Crippen molar-refractivity contribution in [2.75, 3.05) is 0 Å². The Kier molecular flexibility index (Phi) is 7.68. The summed E-state index contributed by atoms with van der Waals surface area (Å²) in [5.41, 5.74) is 1.47. The topological polar surface area (TPSA) is 34.1 Å². The van der Waals surface area contributed by atoms with Gasteiger partial charge in [0.2, 0.25) is 0 Å². The van der Waals surface area contributed by atoms with Gasteiger partial charge in [-0.05, 0) is 24.7 Å². The van der Waals surface area contributed by atoms with Gasteiger partial charge in [0.1, 0.15) is 0 Å². The van der Waals surface area contributed by atoms with Crippen molar-refractivity contribution in [1.82, 2.24) is 0 Å². The Labute approximate surface area is 147 Å². The van der Waals surface area contributed by atoms with Crippen LogP contribution in [0.2, 0.25) is 0 Å². The second-order valence-corrected chi connectivity index (χ2v) is 7.36. The summed E-state index contributed by atoms with van der Waals surface area (Å²) in [6, 6.07) is 7.23. The molecule has 0 aliphatic heterocycles. The van der Waals surface area contributed by atoms with Gasteiger partial charge >= 0.3 is 0 Å². The summed E-state index contributed by atoms with van der Waals surface area (Å²) in [6.45, 7) is 4.12. The van der Waals surface area contributed by atoms with Gasteiger partial charge in [0, 0.05) is 24.0 Å². The molecule has 0 heterocycles. The molecular weight excluding hydrogens is 296 g/mol. The quantitative estimate of drug-likeness (QED) is 0.397. The second-order valence-electron chi connectivity index (χ2n) is 7.36. The van der Waals surface area contributed by atoms with E-state index in [4.69, 9.17) is 0 Å². The van der Waals surface area contributed by atoms with Crippen LogP contribution in [0.25, 0.3) is 0 Å². The highest BCUT2D eigenvalue weighted by Gasteiger charge is 2.23. The van der Waals surface area contributed by atoms with Crippen LogP contribution in [0.4, 0.5) is 0 Å². The number of hydrogen-bond acceptors (Lipinski definition) is 2. The molecule has 0 atom stereocenters. The van der Waals surface area contributed by atoms with E-state index in [2.05, 4.69) is 6.92 Å². The number of hydrogen-bond donors (Lipinski definition) is 0. The highest BCUT2D eigenvalue weighted by atomic mass is 16.1. The van der Waals surface area contributed by atoms with Gasteiger partial charge in [0.05, 0.1) is 0 Å². The van der Waals surface area contributed by atoms with Crippen molar-refractivity contribution in [3.05, 3.63) is 35.4 Å². The molecular formula is C22H32O2. The van der Waals surface area contributed by atoms with Gasteiger partial charge < -0.3 is 0 Å². The van der Waals surface area contributed by atoms with Crippen LogP contribution in [0.1, 0.15) is 98.8 Å². The maximum absolute atomic E-state index is 12.5. The number of ketones is 2. The molecule has 0 N–H and O–H groups in total. The highest BCUT2D eigenvalue weighted by molar-refractivity contribution is 5.99. The van der Waals surface area contributed by atoms with Crippen LogP contribution >= 0.6 is 0 Å². The van der Waals surface area contributed by atoms with Crippen molar-refractivity contribution in [3.8, 4) is 0 Å². The van der Waals surface area contributed by atoms with E-state index < -0.39 is 0 Å². The van der Waals surface area contributed by atoms with Crippen molar-refractivity contribution in [3.63, 3.8) is 0 Å². The van der Waals surface area contributed by atoms with E-state index in [0.29, 0.717) is 24.3 Å².